The summed E-state index contributed by atoms with van der Waals surface area (Å²) in [4.78, 5) is 25.5. The Morgan fingerprint density at radius 2 is 1.81 bits per heavy atom. The molecule has 3 aliphatic rings. The molecule has 7 atom stereocenters. The van der Waals surface area contributed by atoms with Gasteiger partial charge in [-0.25, -0.2) is 10.1 Å². The zero-order chi connectivity index (χ0) is 24.1. The lowest BCUT2D eigenvalue weighted by atomic mass is 10.1. The Labute approximate surface area is 198 Å². The van der Waals surface area contributed by atoms with E-state index in [1.54, 1.807) is 13.1 Å². The summed E-state index contributed by atoms with van der Waals surface area (Å²) in [5.41, 5.74) is 0.364. The van der Waals surface area contributed by atoms with Crippen molar-refractivity contribution in [1.29, 1.82) is 0 Å². The standard InChI is InChI=1S/C21H35BrN2O7Si/c1-12-10-24(20(28)23-19(12)27,17-7-13(26)16(11-25)30-17)18-8-14(15(9-22)29-18)31-32(5,6)21(2,3)4/h10,13-18,25-26H,7-9,11H2,1-6H3/p+1/t13-,14-,15-,16+,17+,18+,24?/m0/s1. The molecule has 0 saturated carbocycles. The van der Waals surface area contributed by atoms with Gasteiger partial charge >= 0.3 is 6.03 Å². The maximum absolute atomic E-state index is 13.3. The molecular formula is C21H36BrN2O7Si+. The minimum absolute atomic E-state index is 0.00659. The van der Waals surface area contributed by atoms with Crippen LogP contribution in [0.25, 0.3) is 0 Å². The van der Waals surface area contributed by atoms with Crippen molar-refractivity contribution in [2.75, 3.05) is 11.9 Å². The SMILES string of the molecule is CC1=C[N+]([C@H]2C[C@H](O[Si](C)(C)C(C)(C)C)[C@H](CBr)O2)([C@H]2C[C@H](O)[C@@H](CO)O2)C(=O)NC1=O. The highest BCUT2D eigenvalue weighted by Gasteiger charge is 2.61. The summed E-state index contributed by atoms with van der Waals surface area (Å²) < 4.78 is 18.5. The summed E-state index contributed by atoms with van der Waals surface area (Å²) in [6.45, 7) is 12.1. The molecule has 3 N–H and O–H groups in total. The van der Waals surface area contributed by atoms with Gasteiger partial charge in [0.2, 0.25) is 12.5 Å². The number of aliphatic hydroxyl groups excluding tert-OH is 2. The molecule has 0 spiro atoms. The molecule has 11 heteroatoms. The molecule has 0 aromatic carbocycles. The summed E-state index contributed by atoms with van der Waals surface area (Å²) in [5.74, 6) is -0.467. The van der Waals surface area contributed by atoms with Crippen molar-refractivity contribution in [3.8, 4) is 0 Å². The molecule has 32 heavy (non-hydrogen) atoms. The van der Waals surface area contributed by atoms with Crippen LogP contribution in [0.3, 0.4) is 0 Å². The molecule has 0 aromatic rings. The van der Waals surface area contributed by atoms with E-state index >= 15 is 0 Å². The minimum atomic E-state index is -2.11. The van der Waals surface area contributed by atoms with E-state index in [0.717, 1.165) is 0 Å². The third-order valence-electron chi connectivity index (χ3n) is 7.26. The Hall–Kier alpha value is -0.663. The average Bonchev–Trinajstić information content (AvgIpc) is 3.26. The van der Waals surface area contributed by atoms with Crippen LogP contribution in [0.5, 0.6) is 0 Å². The molecule has 3 heterocycles. The quantitative estimate of drug-likeness (QED) is 0.271. The van der Waals surface area contributed by atoms with Crippen LogP contribution in [0, 0.1) is 0 Å². The smallest absolute Gasteiger partial charge is 0.411 e. The monoisotopic (exact) mass is 535 g/mol. The predicted octanol–water partition coefficient (Wildman–Crippen LogP) is 2.33. The lowest BCUT2D eigenvalue weighted by Crippen LogP contribution is -2.67. The molecule has 1 unspecified atom stereocenters. The fraction of sp³-hybridized carbons (Fsp3) is 0.810. The van der Waals surface area contributed by atoms with E-state index in [9.17, 15) is 19.8 Å². The summed E-state index contributed by atoms with van der Waals surface area (Å²) in [7, 11) is -2.11. The number of rotatable bonds is 6. The summed E-state index contributed by atoms with van der Waals surface area (Å²) in [6, 6.07) is -0.567. The highest BCUT2D eigenvalue weighted by atomic mass is 79.9. The van der Waals surface area contributed by atoms with Crippen molar-refractivity contribution in [3.63, 3.8) is 0 Å². The molecule has 0 bridgehead atoms. The summed E-state index contributed by atoms with van der Waals surface area (Å²) >= 11 is 3.52. The van der Waals surface area contributed by atoms with Crippen LogP contribution in [-0.4, -0.2) is 83.8 Å². The van der Waals surface area contributed by atoms with Crippen LogP contribution in [0.15, 0.2) is 11.8 Å². The van der Waals surface area contributed by atoms with Crippen LogP contribution < -0.4 is 5.32 Å². The normalized spacial score (nSPS) is 38.7. The van der Waals surface area contributed by atoms with Gasteiger partial charge in [-0.1, -0.05) is 36.7 Å². The number of carbonyl (C=O) groups is 2. The Morgan fingerprint density at radius 3 is 2.34 bits per heavy atom. The van der Waals surface area contributed by atoms with Gasteiger partial charge in [0.15, 0.2) is 8.32 Å². The second kappa shape index (κ2) is 9.18. The first-order valence-electron chi connectivity index (χ1n) is 11.0. The molecule has 182 valence electrons. The lowest BCUT2D eigenvalue weighted by molar-refractivity contribution is -0.897. The fourth-order valence-electron chi connectivity index (χ4n) is 4.28. The van der Waals surface area contributed by atoms with E-state index in [4.69, 9.17) is 13.9 Å². The fourth-order valence-corrected chi connectivity index (χ4v) is 6.20. The minimum Gasteiger partial charge on any atom is -0.411 e. The summed E-state index contributed by atoms with van der Waals surface area (Å²) in [6.07, 6.45) is -1.62. The van der Waals surface area contributed by atoms with Crippen molar-refractivity contribution < 1.29 is 38.2 Å². The van der Waals surface area contributed by atoms with E-state index in [2.05, 4.69) is 55.1 Å². The van der Waals surface area contributed by atoms with Crippen molar-refractivity contribution in [1.82, 2.24) is 5.32 Å². The van der Waals surface area contributed by atoms with Crippen LogP contribution in [0.4, 0.5) is 4.79 Å². The largest absolute Gasteiger partial charge is 0.432 e. The maximum atomic E-state index is 13.3. The first-order chi connectivity index (χ1) is 14.8. The van der Waals surface area contributed by atoms with E-state index in [1.165, 1.54) is 0 Å². The van der Waals surface area contributed by atoms with E-state index < -0.39 is 49.4 Å². The molecular weight excluding hydrogens is 500 g/mol. The number of carbonyl (C=O) groups excluding carboxylic acids is 2. The number of imide groups is 1. The number of alkyl halides is 1. The first-order valence-corrected chi connectivity index (χ1v) is 15.1. The number of urea groups is 1. The van der Waals surface area contributed by atoms with Crippen LogP contribution in [0.2, 0.25) is 18.1 Å². The van der Waals surface area contributed by atoms with Crippen LogP contribution >= 0.6 is 15.9 Å². The van der Waals surface area contributed by atoms with Gasteiger partial charge in [-0.2, -0.15) is 4.48 Å². The molecule has 3 amide bonds. The number of quaternary nitrogens is 1. The maximum Gasteiger partial charge on any atom is 0.432 e. The number of amides is 3. The van der Waals surface area contributed by atoms with Gasteiger partial charge in [0.05, 0.1) is 43.3 Å². The Kier molecular flexibility index (Phi) is 7.44. The van der Waals surface area contributed by atoms with Crippen molar-refractivity contribution in [2.45, 2.75) is 95.5 Å². The predicted molar refractivity (Wildman–Crippen MR) is 123 cm³/mol. The van der Waals surface area contributed by atoms with Gasteiger partial charge in [-0.15, -0.1) is 0 Å². The Morgan fingerprint density at radius 1 is 1.22 bits per heavy atom. The van der Waals surface area contributed by atoms with E-state index in [0.29, 0.717) is 17.3 Å². The zero-order valence-corrected chi connectivity index (χ0v) is 22.2. The van der Waals surface area contributed by atoms with Crippen molar-refractivity contribution >= 4 is 36.2 Å². The number of nitrogens with one attached hydrogen (secondary N) is 1. The van der Waals surface area contributed by atoms with Gasteiger partial charge in [-0.05, 0) is 25.1 Å². The number of halogens is 1. The molecule has 2 fully saturated rings. The van der Waals surface area contributed by atoms with Crippen LogP contribution in [0.1, 0.15) is 40.5 Å². The molecule has 3 rings (SSSR count). The van der Waals surface area contributed by atoms with E-state index in [-0.39, 0.29) is 30.3 Å². The van der Waals surface area contributed by atoms with Gasteiger partial charge in [0.25, 0.3) is 5.91 Å². The third kappa shape index (κ3) is 4.50. The first kappa shape index (κ1) is 26.0. The zero-order valence-electron chi connectivity index (χ0n) is 19.6. The molecule has 0 aromatic heterocycles. The molecule has 9 nitrogen and oxygen atoms in total. The third-order valence-corrected chi connectivity index (χ3v) is 12.4. The molecule has 0 aliphatic carbocycles. The number of hydrogen-bond acceptors (Lipinski definition) is 7. The van der Waals surface area contributed by atoms with Gasteiger partial charge in [-0.3, -0.25) is 4.79 Å². The Bertz CT molecular complexity index is 787. The highest BCUT2D eigenvalue weighted by molar-refractivity contribution is 9.09. The number of hydrogen-bond donors (Lipinski definition) is 3. The highest BCUT2D eigenvalue weighted by Crippen LogP contribution is 2.44. The second-order valence-electron chi connectivity index (χ2n) is 10.5. The lowest BCUT2D eigenvalue weighted by Gasteiger charge is -2.42. The number of ether oxygens (including phenoxy) is 2. The van der Waals surface area contributed by atoms with Crippen LogP contribution in [-0.2, 0) is 18.7 Å². The summed E-state index contributed by atoms with van der Waals surface area (Å²) in [5, 5.41) is 22.9. The molecule has 2 saturated heterocycles. The Balaban J connectivity index is 1.98. The van der Waals surface area contributed by atoms with E-state index in [1.807, 2.05) is 0 Å². The van der Waals surface area contributed by atoms with Gasteiger partial charge in [0, 0.05) is 5.33 Å². The average molecular weight is 537 g/mol. The van der Waals surface area contributed by atoms with Gasteiger partial charge in [0.1, 0.15) is 12.3 Å². The second-order valence-corrected chi connectivity index (χ2v) is 15.9. The number of nitrogens with zero attached hydrogens (tertiary/aromatic N) is 1. The molecule has 3 aliphatic heterocycles. The molecule has 0 radical (unpaired) electrons. The topological polar surface area (TPSA) is 114 Å². The van der Waals surface area contributed by atoms with Crippen molar-refractivity contribution in [3.05, 3.63) is 11.8 Å². The van der Waals surface area contributed by atoms with Crippen molar-refractivity contribution in [2.24, 2.45) is 0 Å². The van der Waals surface area contributed by atoms with Gasteiger partial charge < -0.3 is 24.1 Å². The number of aliphatic hydroxyl groups is 2.